The highest BCUT2D eigenvalue weighted by Crippen LogP contribution is 2.26. The number of carbonyl (C=O) groups excluding carboxylic acids is 1. The van der Waals surface area contributed by atoms with Crippen LogP contribution in [0.1, 0.15) is 17.4 Å². The molecule has 0 radical (unpaired) electrons. The van der Waals surface area contributed by atoms with Gasteiger partial charge in [-0.15, -0.1) is 0 Å². The quantitative estimate of drug-likeness (QED) is 0.585. The summed E-state index contributed by atoms with van der Waals surface area (Å²) in [5, 5.41) is 0. The molecule has 122 valence electrons. The summed E-state index contributed by atoms with van der Waals surface area (Å²) in [5.41, 5.74) is -0.851. The second kappa shape index (κ2) is 7.59. The number of methoxy groups -OCH3 is 2. The van der Waals surface area contributed by atoms with Crippen molar-refractivity contribution in [1.82, 2.24) is 15.0 Å². The number of nitrogens with zero attached hydrogens (tertiary/aromatic N) is 3. The highest BCUT2D eigenvalue weighted by Gasteiger charge is 2.19. The molecule has 1 atom stereocenters. The third-order valence-corrected chi connectivity index (χ3v) is 2.60. The fourth-order valence-corrected chi connectivity index (χ4v) is 1.65. The molecule has 9 heteroatoms. The molecule has 0 saturated heterocycles. The summed E-state index contributed by atoms with van der Waals surface area (Å²) >= 11 is 5.64. The van der Waals surface area contributed by atoms with E-state index in [1.54, 1.807) is 6.07 Å². The lowest BCUT2D eigenvalue weighted by molar-refractivity contribution is 0.0462. The number of esters is 1. The van der Waals surface area contributed by atoms with Crippen LogP contribution in [0, 0.1) is 0 Å². The maximum atomic E-state index is 12.0. The molecule has 2 aromatic rings. The smallest absolute Gasteiger partial charge is 0.362 e. The van der Waals surface area contributed by atoms with Crippen molar-refractivity contribution in [3.8, 4) is 23.5 Å². The minimum absolute atomic E-state index is 0.0506. The standard InChI is InChI=1S/C14H14ClN3O5/c1-8(15)22-13(19)12-9(5-4-6-16-12)23-14-17-10(20-2)7-11(18-14)21-3/h4-8H,1-3H3. The largest absolute Gasteiger partial charge is 0.481 e. The summed E-state index contributed by atoms with van der Waals surface area (Å²) in [6.07, 6.45) is 1.43. The summed E-state index contributed by atoms with van der Waals surface area (Å²) in [5.74, 6) is -0.119. The highest BCUT2D eigenvalue weighted by atomic mass is 35.5. The van der Waals surface area contributed by atoms with Crippen LogP contribution in [0.3, 0.4) is 0 Å². The van der Waals surface area contributed by atoms with E-state index in [0.717, 1.165) is 0 Å². The first kappa shape index (κ1) is 16.8. The molecule has 2 aromatic heterocycles. The van der Waals surface area contributed by atoms with Crippen LogP contribution in [0.15, 0.2) is 24.4 Å². The maximum absolute atomic E-state index is 12.0. The van der Waals surface area contributed by atoms with E-state index < -0.39 is 11.5 Å². The van der Waals surface area contributed by atoms with E-state index in [-0.39, 0.29) is 29.2 Å². The average Bonchev–Trinajstić information content (AvgIpc) is 2.54. The number of aromatic nitrogens is 3. The van der Waals surface area contributed by atoms with E-state index in [4.69, 9.17) is 30.5 Å². The maximum Gasteiger partial charge on any atom is 0.362 e. The van der Waals surface area contributed by atoms with Crippen LogP contribution in [0.4, 0.5) is 0 Å². The van der Waals surface area contributed by atoms with E-state index in [1.807, 2.05) is 0 Å². The Bertz CT molecular complexity index is 674. The topological polar surface area (TPSA) is 92.7 Å². The molecule has 0 aromatic carbocycles. The Hall–Kier alpha value is -2.61. The summed E-state index contributed by atoms with van der Waals surface area (Å²) < 4.78 is 20.5. The first-order valence-corrected chi connectivity index (χ1v) is 6.92. The molecule has 0 N–H and O–H groups in total. The van der Waals surface area contributed by atoms with Gasteiger partial charge in [-0.1, -0.05) is 11.6 Å². The van der Waals surface area contributed by atoms with Crippen molar-refractivity contribution in [3.05, 3.63) is 30.1 Å². The van der Waals surface area contributed by atoms with Gasteiger partial charge >= 0.3 is 12.0 Å². The average molecular weight is 340 g/mol. The fraction of sp³-hybridized carbons (Fsp3) is 0.286. The van der Waals surface area contributed by atoms with E-state index in [2.05, 4.69) is 15.0 Å². The molecule has 0 bridgehead atoms. The van der Waals surface area contributed by atoms with E-state index in [9.17, 15) is 4.79 Å². The fourth-order valence-electron chi connectivity index (χ4n) is 1.57. The zero-order valence-corrected chi connectivity index (χ0v) is 13.4. The first-order chi connectivity index (χ1) is 11.0. The van der Waals surface area contributed by atoms with Crippen molar-refractivity contribution in [2.24, 2.45) is 0 Å². The Morgan fingerprint density at radius 3 is 2.43 bits per heavy atom. The van der Waals surface area contributed by atoms with Crippen molar-refractivity contribution in [2.45, 2.75) is 12.5 Å². The predicted octanol–water partition coefficient (Wildman–Crippen LogP) is 2.42. The lowest BCUT2D eigenvalue weighted by Crippen LogP contribution is -2.13. The van der Waals surface area contributed by atoms with Gasteiger partial charge in [0.25, 0.3) is 0 Å². The molecule has 0 amide bonds. The zero-order valence-electron chi connectivity index (χ0n) is 12.6. The first-order valence-electron chi connectivity index (χ1n) is 6.48. The normalized spacial score (nSPS) is 11.5. The number of hydrogen-bond acceptors (Lipinski definition) is 8. The van der Waals surface area contributed by atoms with Gasteiger partial charge in [-0.2, -0.15) is 9.97 Å². The molecular formula is C14H14ClN3O5. The number of alkyl halides is 1. The van der Waals surface area contributed by atoms with Gasteiger partial charge in [0.05, 0.1) is 20.3 Å². The van der Waals surface area contributed by atoms with Crippen LogP contribution in [-0.4, -0.2) is 40.7 Å². The molecule has 0 fully saturated rings. The summed E-state index contributed by atoms with van der Waals surface area (Å²) in [7, 11) is 2.89. The molecule has 8 nitrogen and oxygen atoms in total. The number of carbonyl (C=O) groups is 1. The number of halogens is 1. The van der Waals surface area contributed by atoms with Crippen LogP contribution >= 0.6 is 11.6 Å². The summed E-state index contributed by atoms with van der Waals surface area (Å²) in [6.45, 7) is 1.51. The Kier molecular flexibility index (Phi) is 5.53. The molecule has 2 heterocycles. The van der Waals surface area contributed by atoms with Gasteiger partial charge < -0.3 is 18.9 Å². The van der Waals surface area contributed by atoms with E-state index >= 15 is 0 Å². The van der Waals surface area contributed by atoms with Gasteiger partial charge in [-0.05, 0) is 19.1 Å². The summed E-state index contributed by atoms with van der Waals surface area (Å²) in [6, 6.07) is 4.54. The third kappa shape index (κ3) is 4.43. The van der Waals surface area contributed by atoms with Crippen LogP contribution in [-0.2, 0) is 4.74 Å². The molecule has 0 aliphatic rings. The third-order valence-electron chi connectivity index (χ3n) is 2.51. The zero-order chi connectivity index (χ0) is 16.8. The van der Waals surface area contributed by atoms with Gasteiger partial charge in [0.15, 0.2) is 17.0 Å². The Labute approximate surface area is 137 Å². The van der Waals surface area contributed by atoms with Crippen molar-refractivity contribution in [3.63, 3.8) is 0 Å². The van der Waals surface area contributed by atoms with Gasteiger partial charge in [-0.3, -0.25) is 0 Å². The van der Waals surface area contributed by atoms with Crippen LogP contribution < -0.4 is 14.2 Å². The molecule has 0 spiro atoms. The molecule has 0 aliphatic heterocycles. The second-order valence-corrected chi connectivity index (χ2v) is 4.75. The van der Waals surface area contributed by atoms with Gasteiger partial charge in [0, 0.05) is 6.20 Å². The molecule has 2 rings (SSSR count). The van der Waals surface area contributed by atoms with Crippen molar-refractivity contribution < 1.29 is 23.7 Å². The van der Waals surface area contributed by atoms with Crippen LogP contribution in [0.2, 0.25) is 0 Å². The van der Waals surface area contributed by atoms with Crippen LogP contribution in [0.25, 0.3) is 0 Å². The predicted molar refractivity (Wildman–Crippen MR) is 80.2 cm³/mol. The van der Waals surface area contributed by atoms with Crippen molar-refractivity contribution in [2.75, 3.05) is 14.2 Å². The highest BCUT2D eigenvalue weighted by molar-refractivity contribution is 6.20. The Morgan fingerprint density at radius 1 is 1.22 bits per heavy atom. The van der Waals surface area contributed by atoms with Gasteiger partial charge in [0.1, 0.15) is 0 Å². The molecule has 0 aliphatic carbocycles. The summed E-state index contributed by atoms with van der Waals surface area (Å²) in [4.78, 5) is 23.9. The molecule has 0 saturated carbocycles. The van der Waals surface area contributed by atoms with Gasteiger partial charge in [0.2, 0.25) is 11.8 Å². The minimum Gasteiger partial charge on any atom is -0.481 e. The van der Waals surface area contributed by atoms with Crippen molar-refractivity contribution >= 4 is 17.6 Å². The van der Waals surface area contributed by atoms with Crippen molar-refractivity contribution in [1.29, 1.82) is 0 Å². The lowest BCUT2D eigenvalue weighted by atomic mass is 10.3. The molecular weight excluding hydrogens is 326 g/mol. The number of rotatable bonds is 6. The minimum atomic E-state index is -0.800. The molecule has 23 heavy (non-hydrogen) atoms. The SMILES string of the molecule is COc1cc(OC)nc(Oc2cccnc2C(=O)OC(C)Cl)n1. The second-order valence-electron chi connectivity index (χ2n) is 4.14. The van der Waals surface area contributed by atoms with Gasteiger partial charge in [-0.25, -0.2) is 9.78 Å². The Balaban J connectivity index is 2.32. The van der Waals surface area contributed by atoms with E-state index in [0.29, 0.717) is 0 Å². The monoisotopic (exact) mass is 339 g/mol. The Morgan fingerprint density at radius 2 is 1.87 bits per heavy atom. The van der Waals surface area contributed by atoms with Crippen LogP contribution in [0.5, 0.6) is 23.5 Å². The number of pyridine rings is 1. The number of ether oxygens (including phenoxy) is 4. The lowest BCUT2D eigenvalue weighted by Gasteiger charge is -2.11. The number of hydrogen-bond donors (Lipinski definition) is 0. The van der Waals surface area contributed by atoms with E-state index in [1.165, 1.54) is 39.5 Å². The molecule has 1 unspecified atom stereocenters.